The molecule has 6 heteroatoms. The molecule has 2 amide bonds. The van der Waals surface area contributed by atoms with Crippen LogP contribution in [0.4, 0.5) is 0 Å². The van der Waals surface area contributed by atoms with Gasteiger partial charge in [0.1, 0.15) is 0 Å². The number of nitrogens with two attached hydrogens (primary N) is 1. The first-order chi connectivity index (χ1) is 8.56. The van der Waals surface area contributed by atoms with Gasteiger partial charge in [-0.25, -0.2) is 0 Å². The summed E-state index contributed by atoms with van der Waals surface area (Å²) in [6, 6.07) is 0. The second-order valence-electron chi connectivity index (χ2n) is 4.60. The molecule has 0 aliphatic heterocycles. The van der Waals surface area contributed by atoms with Crippen LogP contribution in [0.3, 0.4) is 0 Å². The van der Waals surface area contributed by atoms with Gasteiger partial charge in [0.2, 0.25) is 11.8 Å². The van der Waals surface area contributed by atoms with E-state index in [9.17, 15) is 9.59 Å². The van der Waals surface area contributed by atoms with Gasteiger partial charge in [0.05, 0.1) is 10.9 Å². The predicted octanol–water partition coefficient (Wildman–Crippen LogP) is 0.331. The second kappa shape index (κ2) is 7.31. The van der Waals surface area contributed by atoms with E-state index in [1.54, 1.807) is 0 Å². The van der Waals surface area contributed by atoms with Gasteiger partial charge >= 0.3 is 0 Å². The van der Waals surface area contributed by atoms with E-state index in [1.807, 2.05) is 6.92 Å². The third-order valence-electron chi connectivity index (χ3n) is 2.91. The highest BCUT2D eigenvalue weighted by molar-refractivity contribution is 7.80. The Labute approximate surface area is 113 Å². The molecular weight excluding hydrogens is 250 g/mol. The standard InChI is InChI=1S/C12H21N3O2S/c1-2-3-9(10(13)18)12(17)15-7-6-14-11(16)8-4-5-8/h8-9H,2-7H2,1H3,(H2,13,18)(H,14,16)(H,15,17). The van der Waals surface area contributed by atoms with Crippen molar-refractivity contribution in [3.63, 3.8) is 0 Å². The third kappa shape index (κ3) is 5.00. The van der Waals surface area contributed by atoms with Crippen molar-refractivity contribution in [3.05, 3.63) is 0 Å². The summed E-state index contributed by atoms with van der Waals surface area (Å²) in [5, 5.41) is 5.52. The van der Waals surface area contributed by atoms with Crippen LogP contribution in [0.2, 0.25) is 0 Å². The molecule has 0 bridgehead atoms. The van der Waals surface area contributed by atoms with Crippen molar-refractivity contribution in [2.24, 2.45) is 17.6 Å². The molecule has 0 radical (unpaired) electrons. The number of hydrogen-bond donors (Lipinski definition) is 3. The monoisotopic (exact) mass is 271 g/mol. The van der Waals surface area contributed by atoms with Gasteiger partial charge in [-0.05, 0) is 19.3 Å². The Morgan fingerprint density at radius 3 is 2.44 bits per heavy atom. The molecule has 1 rings (SSSR count). The van der Waals surface area contributed by atoms with Crippen molar-refractivity contribution in [2.45, 2.75) is 32.6 Å². The van der Waals surface area contributed by atoms with E-state index in [1.165, 1.54) is 0 Å². The van der Waals surface area contributed by atoms with Crippen LogP contribution in [0, 0.1) is 11.8 Å². The maximum atomic E-state index is 11.8. The average molecular weight is 271 g/mol. The highest BCUT2D eigenvalue weighted by Gasteiger charge is 2.29. The van der Waals surface area contributed by atoms with Gasteiger partial charge in [-0.2, -0.15) is 0 Å². The minimum atomic E-state index is -0.399. The molecule has 0 aromatic carbocycles. The zero-order chi connectivity index (χ0) is 13.5. The van der Waals surface area contributed by atoms with Crippen LogP contribution in [-0.2, 0) is 9.59 Å². The lowest BCUT2D eigenvalue weighted by molar-refractivity contribution is -0.124. The predicted molar refractivity (Wildman–Crippen MR) is 73.9 cm³/mol. The van der Waals surface area contributed by atoms with Gasteiger partial charge in [0.25, 0.3) is 0 Å². The number of carbonyl (C=O) groups is 2. The molecule has 4 N–H and O–H groups in total. The molecule has 0 spiro atoms. The molecule has 1 saturated carbocycles. The lowest BCUT2D eigenvalue weighted by atomic mass is 10.0. The Morgan fingerprint density at radius 1 is 1.33 bits per heavy atom. The number of carbonyl (C=O) groups excluding carboxylic acids is 2. The Bertz CT molecular complexity index is 329. The number of amides is 2. The van der Waals surface area contributed by atoms with Gasteiger partial charge < -0.3 is 16.4 Å². The maximum absolute atomic E-state index is 11.8. The summed E-state index contributed by atoms with van der Waals surface area (Å²) >= 11 is 4.87. The molecule has 0 heterocycles. The number of nitrogens with one attached hydrogen (secondary N) is 2. The second-order valence-corrected chi connectivity index (χ2v) is 5.07. The van der Waals surface area contributed by atoms with Gasteiger partial charge in [0.15, 0.2) is 0 Å². The Balaban J connectivity index is 2.17. The third-order valence-corrected chi connectivity index (χ3v) is 3.19. The van der Waals surface area contributed by atoms with Crippen molar-refractivity contribution in [1.82, 2.24) is 10.6 Å². The molecule has 0 aromatic heterocycles. The van der Waals surface area contributed by atoms with Gasteiger partial charge in [0, 0.05) is 19.0 Å². The SMILES string of the molecule is CCCC(C(=O)NCCNC(=O)C1CC1)C(N)=S. The largest absolute Gasteiger partial charge is 0.393 e. The molecule has 1 aliphatic rings. The molecule has 102 valence electrons. The first-order valence-corrected chi connectivity index (χ1v) is 6.81. The summed E-state index contributed by atoms with van der Waals surface area (Å²) < 4.78 is 0. The molecule has 1 atom stereocenters. The zero-order valence-corrected chi connectivity index (χ0v) is 11.5. The fraction of sp³-hybridized carbons (Fsp3) is 0.750. The van der Waals surface area contributed by atoms with E-state index >= 15 is 0 Å². The number of thiocarbonyl (C=S) groups is 1. The van der Waals surface area contributed by atoms with Crippen LogP contribution in [-0.4, -0.2) is 29.9 Å². The number of rotatable bonds is 8. The minimum Gasteiger partial charge on any atom is -0.393 e. The Hall–Kier alpha value is -1.17. The summed E-state index contributed by atoms with van der Waals surface area (Å²) in [7, 11) is 0. The van der Waals surface area contributed by atoms with Crippen molar-refractivity contribution in [1.29, 1.82) is 0 Å². The van der Waals surface area contributed by atoms with Crippen LogP contribution in [0.1, 0.15) is 32.6 Å². The lowest BCUT2D eigenvalue weighted by Crippen LogP contribution is -2.41. The smallest absolute Gasteiger partial charge is 0.229 e. The molecule has 1 unspecified atom stereocenters. The fourth-order valence-electron chi connectivity index (χ4n) is 1.68. The van der Waals surface area contributed by atoms with Gasteiger partial charge in [-0.3, -0.25) is 9.59 Å². The minimum absolute atomic E-state index is 0.0868. The topological polar surface area (TPSA) is 84.2 Å². The molecular formula is C12H21N3O2S. The van der Waals surface area contributed by atoms with Crippen molar-refractivity contribution >= 4 is 29.0 Å². The van der Waals surface area contributed by atoms with Gasteiger partial charge in [-0.1, -0.05) is 25.6 Å². The fourth-order valence-corrected chi connectivity index (χ4v) is 1.90. The maximum Gasteiger partial charge on any atom is 0.229 e. The summed E-state index contributed by atoms with van der Waals surface area (Å²) in [6.07, 6.45) is 3.49. The van der Waals surface area contributed by atoms with E-state index in [-0.39, 0.29) is 22.7 Å². The van der Waals surface area contributed by atoms with Crippen LogP contribution < -0.4 is 16.4 Å². The summed E-state index contributed by atoms with van der Waals surface area (Å²) in [5.74, 6) is -0.261. The van der Waals surface area contributed by atoms with Gasteiger partial charge in [-0.15, -0.1) is 0 Å². The lowest BCUT2D eigenvalue weighted by Gasteiger charge is -2.14. The van der Waals surface area contributed by atoms with Crippen LogP contribution in [0.25, 0.3) is 0 Å². The Morgan fingerprint density at radius 2 is 1.94 bits per heavy atom. The van der Waals surface area contributed by atoms with E-state index in [0.717, 1.165) is 19.3 Å². The van der Waals surface area contributed by atoms with E-state index < -0.39 is 5.92 Å². The van der Waals surface area contributed by atoms with E-state index in [0.29, 0.717) is 19.5 Å². The summed E-state index contributed by atoms with van der Waals surface area (Å²) in [4.78, 5) is 23.3. The van der Waals surface area contributed by atoms with Crippen molar-refractivity contribution in [3.8, 4) is 0 Å². The highest BCUT2D eigenvalue weighted by atomic mass is 32.1. The van der Waals surface area contributed by atoms with E-state index in [4.69, 9.17) is 18.0 Å². The Kier molecular flexibility index (Phi) is 6.04. The van der Waals surface area contributed by atoms with Crippen LogP contribution in [0.5, 0.6) is 0 Å². The van der Waals surface area contributed by atoms with Crippen LogP contribution >= 0.6 is 12.2 Å². The molecule has 1 aliphatic carbocycles. The first-order valence-electron chi connectivity index (χ1n) is 6.41. The molecule has 0 saturated heterocycles. The normalized spacial score (nSPS) is 15.8. The zero-order valence-electron chi connectivity index (χ0n) is 10.7. The van der Waals surface area contributed by atoms with Crippen LogP contribution in [0.15, 0.2) is 0 Å². The quantitative estimate of drug-likeness (QED) is 0.439. The summed E-state index contributed by atoms with van der Waals surface area (Å²) in [5.41, 5.74) is 5.53. The first kappa shape index (κ1) is 14.9. The molecule has 5 nitrogen and oxygen atoms in total. The molecule has 0 aromatic rings. The summed E-state index contributed by atoms with van der Waals surface area (Å²) in [6.45, 7) is 2.85. The molecule has 1 fully saturated rings. The van der Waals surface area contributed by atoms with Crippen molar-refractivity contribution < 1.29 is 9.59 Å². The van der Waals surface area contributed by atoms with Crippen molar-refractivity contribution in [2.75, 3.05) is 13.1 Å². The average Bonchev–Trinajstić information content (AvgIpc) is 3.14. The molecule has 18 heavy (non-hydrogen) atoms. The van der Waals surface area contributed by atoms with E-state index in [2.05, 4.69) is 10.6 Å². The number of hydrogen-bond acceptors (Lipinski definition) is 3. The highest BCUT2D eigenvalue weighted by Crippen LogP contribution is 2.28.